The summed E-state index contributed by atoms with van der Waals surface area (Å²) in [6, 6.07) is 21.9. The Bertz CT molecular complexity index is 772. The van der Waals surface area contributed by atoms with Crippen LogP contribution in [0.2, 0.25) is 0 Å². The fourth-order valence-electron chi connectivity index (χ4n) is 2.06. The summed E-state index contributed by atoms with van der Waals surface area (Å²) in [6.45, 7) is 6.98. The van der Waals surface area contributed by atoms with Gasteiger partial charge in [0.1, 0.15) is 0 Å². The van der Waals surface area contributed by atoms with Crippen molar-refractivity contribution in [1.29, 1.82) is 5.26 Å². The molecule has 3 heteroatoms. The Labute approximate surface area is 129 Å². The molecule has 0 aliphatic heterocycles. The van der Waals surface area contributed by atoms with Gasteiger partial charge in [-0.1, -0.05) is 0 Å². The summed E-state index contributed by atoms with van der Waals surface area (Å²) in [6.07, 6.45) is 0. The summed E-state index contributed by atoms with van der Waals surface area (Å²) in [5.74, 6) is 0. The first-order valence-electron chi connectivity index (χ1n) is 6.38. The van der Waals surface area contributed by atoms with Gasteiger partial charge in [0.25, 0.3) is 0 Å². The van der Waals surface area contributed by atoms with Crippen molar-refractivity contribution in [2.75, 3.05) is 0 Å². The van der Waals surface area contributed by atoms with E-state index in [0.717, 1.165) is 0 Å². The minimum absolute atomic E-state index is 0.258. The van der Waals surface area contributed by atoms with E-state index < -0.39 is 0 Å². The molecule has 0 amide bonds. The SMILES string of the molecule is [C-]#[N+]c1ccc(-c2ccc(-c3ccc(C#N)cc3)[se]2)cc1. The molecule has 0 saturated carbocycles. The predicted molar refractivity (Wildman–Crippen MR) is 85.2 cm³/mol. The van der Waals surface area contributed by atoms with E-state index in [1.807, 2.05) is 48.5 Å². The number of benzene rings is 2. The topological polar surface area (TPSA) is 28.1 Å². The number of nitriles is 1. The van der Waals surface area contributed by atoms with Crippen molar-refractivity contribution in [3.8, 4) is 26.1 Å². The Morgan fingerprint density at radius 2 is 1.33 bits per heavy atom. The van der Waals surface area contributed by atoms with Crippen molar-refractivity contribution >= 4 is 20.2 Å². The Balaban J connectivity index is 1.92. The second-order valence-corrected chi connectivity index (χ2v) is 6.79. The van der Waals surface area contributed by atoms with Crippen molar-refractivity contribution in [2.45, 2.75) is 0 Å². The molecule has 1 heterocycles. The Morgan fingerprint density at radius 3 is 1.81 bits per heavy atom. The molecule has 0 fully saturated rings. The first-order valence-corrected chi connectivity index (χ1v) is 8.10. The fraction of sp³-hybridized carbons (Fsp3) is 0. The third-order valence-corrected chi connectivity index (χ3v) is 5.67. The summed E-state index contributed by atoms with van der Waals surface area (Å²) in [7, 11) is 0. The molecule has 0 N–H and O–H groups in total. The van der Waals surface area contributed by atoms with Gasteiger partial charge in [-0.2, -0.15) is 0 Å². The van der Waals surface area contributed by atoms with Crippen molar-refractivity contribution in [2.24, 2.45) is 0 Å². The number of hydrogen-bond acceptors (Lipinski definition) is 1. The minimum atomic E-state index is 0.258. The van der Waals surface area contributed by atoms with Gasteiger partial charge in [-0.05, 0) is 0 Å². The normalized spacial score (nSPS) is 9.81. The third-order valence-electron chi connectivity index (χ3n) is 3.19. The van der Waals surface area contributed by atoms with Crippen LogP contribution in [0.1, 0.15) is 5.56 Å². The maximum absolute atomic E-state index is 8.84. The fourth-order valence-corrected chi connectivity index (χ4v) is 4.19. The summed E-state index contributed by atoms with van der Waals surface area (Å²) in [5.41, 5.74) is 3.72. The molecular formula is C18H10N2Se. The molecule has 21 heavy (non-hydrogen) atoms. The Kier molecular flexibility index (Phi) is 3.71. The molecule has 0 unspecified atom stereocenters. The quantitative estimate of drug-likeness (QED) is 0.501. The van der Waals surface area contributed by atoms with Crippen LogP contribution in [0.5, 0.6) is 0 Å². The van der Waals surface area contributed by atoms with Crippen LogP contribution in [0.4, 0.5) is 5.69 Å². The molecule has 1 aromatic heterocycles. The van der Waals surface area contributed by atoms with Crippen molar-refractivity contribution in [1.82, 2.24) is 0 Å². The maximum atomic E-state index is 8.84. The second-order valence-electron chi connectivity index (χ2n) is 4.51. The molecule has 2 nitrogen and oxygen atoms in total. The van der Waals surface area contributed by atoms with Gasteiger partial charge in [-0.15, -0.1) is 0 Å². The summed E-state index contributed by atoms with van der Waals surface area (Å²) < 4.78 is 2.63. The molecule has 0 spiro atoms. The van der Waals surface area contributed by atoms with Crippen LogP contribution in [0, 0.1) is 17.9 Å². The van der Waals surface area contributed by atoms with E-state index in [0.29, 0.717) is 11.3 Å². The molecule has 98 valence electrons. The standard InChI is InChI=1S/C18H10N2Se/c1-20-16-8-6-15(7-9-16)18-11-10-17(21-18)14-4-2-13(12-19)3-5-14/h2-11H. The van der Waals surface area contributed by atoms with Crippen LogP contribution in [0.25, 0.3) is 24.8 Å². The average molecular weight is 333 g/mol. The third kappa shape index (κ3) is 2.81. The van der Waals surface area contributed by atoms with E-state index in [4.69, 9.17) is 11.8 Å². The van der Waals surface area contributed by atoms with Gasteiger partial charge in [0.15, 0.2) is 0 Å². The predicted octanol–water partition coefficient (Wildman–Crippen LogP) is 4.50. The molecule has 0 aliphatic rings. The van der Waals surface area contributed by atoms with Gasteiger partial charge in [-0.3, -0.25) is 0 Å². The van der Waals surface area contributed by atoms with E-state index in [1.54, 1.807) is 0 Å². The zero-order valence-electron chi connectivity index (χ0n) is 11.1. The van der Waals surface area contributed by atoms with Crippen LogP contribution in [-0.2, 0) is 0 Å². The molecule has 0 bridgehead atoms. The van der Waals surface area contributed by atoms with Crippen molar-refractivity contribution in [3.05, 3.63) is 77.6 Å². The van der Waals surface area contributed by atoms with Crippen LogP contribution in [0.15, 0.2) is 60.7 Å². The zero-order valence-corrected chi connectivity index (χ0v) is 12.8. The van der Waals surface area contributed by atoms with Gasteiger partial charge in [0.05, 0.1) is 0 Å². The molecular weight excluding hydrogens is 323 g/mol. The van der Waals surface area contributed by atoms with E-state index in [-0.39, 0.29) is 14.5 Å². The molecule has 2 aromatic carbocycles. The van der Waals surface area contributed by atoms with Crippen molar-refractivity contribution < 1.29 is 0 Å². The first-order chi connectivity index (χ1) is 10.3. The first kappa shape index (κ1) is 13.4. The van der Waals surface area contributed by atoms with E-state index >= 15 is 0 Å². The van der Waals surface area contributed by atoms with E-state index in [9.17, 15) is 0 Å². The number of rotatable bonds is 2. The molecule has 0 atom stereocenters. The molecule has 0 aliphatic carbocycles. The van der Waals surface area contributed by atoms with E-state index in [2.05, 4.69) is 23.0 Å². The van der Waals surface area contributed by atoms with Crippen LogP contribution >= 0.6 is 0 Å². The number of hydrogen-bond donors (Lipinski definition) is 0. The van der Waals surface area contributed by atoms with E-state index in [1.165, 1.54) is 20.0 Å². The summed E-state index contributed by atoms with van der Waals surface area (Å²) >= 11 is 0.258. The molecule has 0 radical (unpaired) electrons. The summed E-state index contributed by atoms with van der Waals surface area (Å²) in [4.78, 5) is 3.41. The van der Waals surface area contributed by atoms with Crippen LogP contribution in [-0.4, -0.2) is 14.5 Å². The zero-order chi connectivity index (χ0) is 14.7. The average Bonchev–Trinajstić information content (AvgIpc) is 3.05. The van der Waals surface area contributed by atoms with Gasteiger partial charge in [0, 0.05) is 0 Å². The molecule has 3 aromatic rings. The van der Waals surface area contributed by atoms with Gasteiger partial charge in [-0.25, -0.2) is 0 Å². The Morgan fingerprint density at radius 1 is 0.810 bits per heavy atom. The molecule has 0 saturated heterocycles. The summed E-state index contributed by atoms with van der Waals surface area (Å²) in [5, 5.41) is 8.84. The van der Waals surface area contributed by atoms with Gasteiger partial charge in [0.2, 0.25) is 0 Å². The van der Waals surface area contributed by atoms with Gasteiger partial charge >= 0.3 is 129 Å². The number of nitrogens with zero attached hydrogens (tertiary/aromatic N) is 2. The second kappa shape index (κ2) is 5.81. The van der Waals surface area contributed by atoms with Crippen LogP contribution in [0.3, 0.4) is 0 Å². The van der Waals surface area contributed by atoms with Crippen molar-refractivity contribution in [3.63, 3.8) is 0 Å². The molecule has 3 rings (SSSR count). The van der Waals surface area contributed by atoms with Crippen LogP contribution < -0.4 is 0 Å². The Hall–Kier alpha value is -2.58. The monoisotopic (exact) mass is 334 g/mol. The van der Waals surface area contributed by atoms with Gasteiger partial charge < -0.3 is 0 Å².